The minimum atomic E-state index is 0.0453. The van der Waals surface area contributed by atoms with E-state index < -0.39 is 0 Å². The predicted octanol–water partition coefficient (Wildman–Crippen LogP) is 1.57. The molecule has 2 aliphatic heterocycles. The van der Waals surface area contributed by atoms with Crippen molar-refractivity contribution in [2.75, 3.05) is 18.1 Å². The van der Waals surface area contributed by atoms with Crippen molar-refractivity contribution < 1.29 is 5.11 Å². The van der Waals surface area contributed by atoms with Gasteiger partial charge in [0.1, 0.15) is 0 Å². The maximum atomic E-state index is 9.56. The van der Waals surface area contributed by atoms with Gasteiger partial charge < -0.3 is 10.0 Å². The first-order chi connectivity index (χ1) is 6.86. The van der Waals surface area contributed by atoms with Gasteiger partial charge in [-0.15, -0.1) is 0 Å². The van der Waals surface area contributed by atoms with Crippen molar-refractivity contribution in [1.29, 1.82) is 0 Å². The zero-order chi connectivity index (χ0) is 9.60. The molecule has 0 spiro atoms. The van der Waals surface area contributed by atoms with E-state index in [0.29, 0.717) is 6.61 Å². The second kappa shape index (κ2) is 2.74. The Morgan fingerprint density at radius 2 is 2.21 bits per heavy atom. The van der Waals surface area contributed by atoms with E-state index in [4.69, 9.17) is 0 Å². The van der Waals surface area contributed by atoms with Crippen molar-refractivity contribution in [3.05, 3.63) is 29.8 Å². The van der Waals surface area contributed by atoms with Gasteiger partial charge in [0.2, 0.25) is 0 Å². The van der Waals surface area contributed by atoms with E-state index in [1.807, 2.05) is 0 Å². The average molecular weight is 189 g/mol. The molecule has 1 atom stereocenters. The lowest BCUT2D eigenvalue weighted by Crippen LogP contribution is -2.44. The van der Waals surface area contributed by atoms with Crippen LogP contribution in [-0.2, 0) is 6.42 Å². The number of hydrogen-bond acceptors (Lipinski definition) is 2. The third kappa shape index (κ3) is 0.894. The van der Waals surface area contributed by atoms with Crippen LogP contribution in [0.25, 0.3) is 0 Å². The third-order valence-electron chi connectivity index (χ3n) is 3.69. The summed E-state index contributed by atoms with van der Waals surface area (Å²) < 4.78 is 0. The Morgan fingerprint density at radius 1 is 1.36 bits per heavy atom. The summed E-state index contributed by atoms with van der Waals surface area (Å²) in [7, 11) is 0. The quantitative estimate of drug-likeness (QED) is 0.725. The molecule has 0 bridgehead atoms. The fraction of sp³-hybridized carbons (Fsp3) is 0.500. The van der Waals surface area contributed by atoms with Crippen LogP contribution in [0.15, 0.2) is 24.3 Å². The van der Waals surface area contributed by atoms with Gasteiger partial charge in [-0.2, -0.15) is 0 Å². The number of hydrogen-bond donors (Lipinski definition) is 1. The van der Waals surface area contributed by atoms with Gasteiger partial charge in [0, 0.05) is 12.2 Å². The molecule has 0 amide bonds. The van der Waals surface area contributed by atoms with Crippen molar-refractivity contribution >= 4 is 5.69 Å². The minimum Gasteiger partial charge on any atom is -0.394 e. The molecule has 2 nitrogen and oxygen atoms in total. The van der Waals surface area contributed by atoms with Crippen LogP contribution in [0.5, 0.6) is 0 Å². The summed E-state index contributed by atoms with van der Waals surface area (Å²) in [6.45, 7) is 1.40. The van der Waals surface area contributed by atoms with Crippen LogP contribution in [0.4, 0.5) is 5.69 Å². The van der Waals surface area contributed by atoms with E-state index in [1.54, 1.807) is 0 Å². The Balaban J connectivity index is 2.09. The number of nitrogens with zero attached hydrogens (tertiary/aromatic N) is 1. The molecule has 2 heteroatoms. The molecule has 0 aliphatic carbocycles. The zero-order valence-electron chi connectivity index (χ0n) is 8.24. The maximum Gasteiger partial charge on any atom is 0.0674 e. The van der Waals surface area contributed by atoms with Gasteiger partial charge in [0.25, 0.3) is 0 Å². The Labute approximate surface area is 84.2 Å². The van der Waals surface area contributed by atoms with Crippen LogP contribution < -0.4 is 4.90 Å². The largest absolute Gasteiger partial charge is 0.394 e. The molecule has 14 heavy (non-hydrogen) atoms. The summed E-state index contributed by atoms with van der Waals surface area (Å²) in [6.07, 6.45) is 3.38. The first-order valence-electron chi connectivity index (χ1n) is 5.32. The fourth-order valence-electron chi connectivity index (χ4n) is 3.00. The van der Waals surface area contributed by atoms with Gasteiger partial charge in [0.15, 0.2) is 0 Å². The van der Waals surface area contributed by atoms with E-state index in [2.05, 4.69) is 29.2 Å². The Bertz CT molecular complexity index is 363. The Morgan fingerprint density at radius 3 is 3.07 bits per heavy atom. The smallest absolute Gasteiger partial charge is 0.0674 e. The average Bonchev–Trinajstić information content (AvgIpc) is 2.73. The number of para-hydroxylation sites is 1. The summed E-state index contributed by atoms with van der Waals surface area (Å²) >= 11 is 0. The highest BCUT2D eigenvalue weighted by molar-refractivity contribution is 5.62. The Hall–Kier alpha value is -1.02. The summed E-state index contributed by atoms with van der Waals surface area (Å²) in [4.78, 5) is 2.41. The van der Waals surface area contributed by atoms with Crippen molar-refractivity contribution in [2.45, 2.75) is 24.8 Å². The maximum absolute atomic E-state index is 9.56. The van der Waals surface area contributed by atoms with E-state index in [-0.39, 0.29) is 5.54 Å². The molecule has 0 aromatic heterocycles. The van der Waals surface area contributed by atoms with Gasteiger partial charge in [-0.25, -0.2) is 0 Å². The highest BCUT2D eigenvalue weighted by Gasteiger charge is 2.45. The van der Waals surface area contributed by atoms with Crippen LogP contribution in [0.1, 0.15) is 18.4 Å². The number of rotatable bonds is 1. The molecule has 0 radical (unpaired) electrons. The van der Waals surface area contributed by atoms with Gasteiger partial charge in [-0.05, 0) is 30.9 Å². The van der Waals surface area contributed by atoms with Crippen molar-refractivity contribution in [3.63, 3.8) is 0 Å². The molecule has 0 saturated carbocycles. The molecule has 1 N–H and O–H groups in total. The number of benzene rings is 1. The molecule has 1 fully saturated rings. The van der Waals surface area contributed by atoms with E-state index in [1.165, 1.54) is 17.7 Å². The van der Waals surface area contributed by atoms with Crippen LogP contribution in [0.2, 0.25) is 0 Å². The van der Waals surface area contributed by atoms with Gasteiger partial charge in [-0.3, -0.25) is 0 Å². The zero-order valence-corrected chi connectivity index (χ0v) is 8.24. The van der Waals surface area contributed by atoms with E-state index in [9.17, 15) is 5.11 Å². The minimum absolute atomic E-state index is 0.0453. The number of aliphatic hydroxyl groups excluding tert-OH is 1. The fourth-order valence-corrected chi connectivity index (χ4v) is 3.00. The lowest BCUT2D eigenvalue weighted by Gasteiger charge is -2.31. The lowest BCUT2D eigenvalue weighted by atomic mass is 9.93. The van der Waals surface area contributed by atoms with Crippen LogP contribution in [0.3, 0.4) is 0 Å². The van der Waals surface area contributed by atoms with Crippen LogP contribution in [0, 0.1) is 0 Å². The summed E-state index contributed by atoms with van der Waals surface area (Å²) in [5, 5.41) is 9.56. The number of anilines is 1. The number of aliphatic hydroxyl groups is 1. The van der Waals surface area contributed by atoms with Gasteiger partial charge in [0.05, 0.1) is 12.1 Å². The van der Waals surface area contributed by atoms with Crippen LogP contribution in [-0.4, -0.2) is 23.8 Å². The molecule has 1 aromatic carbocycles. The van der Waals surface area contributed by atoms with Crippen molar-refractivity contribution in [1.82, 2.24) is 0 Å². The lowest BCUT2D eigenvalue weighted by molar-refractivity contribution is 0.203. The number of fused-ring (bicyclic) bond motifs is 3. The van der Waals surface area contributed by atoms with E-state index in [0.717, 1.165) is 19.4 Å². The first kappa shape index (κ1) is 8.30. The molecule has 1 aromatic rings. The molecular formula is C12H15NO. The van der Waals surface area contributed by atoms with Crippen molar-refractivity contribution in [2.24, 2.45) is 0 Å². The monoisotopic (exact) mass is 189 g/mol. The molecule has 2 heterocycles. The predicted molar refractivity (Wildman–Crippen MR) is 56.5 cm³/mol. The van der Waals surface area contributed by atoms with Crippen LogP contribution >= 0.6 is 0 Å². The summed E-state index contributed by atoms with van der Waals surface area (Å²) in [5.74, 6) is 0. The molecule has 2 aliphatic rings. The second-order valence-electron chi connectivity index (χ2n) is 4.44. The summed E-state index contributed by atoms with van der Waals surface area (Å²) in [6, 6.07) is 8.54. The van der Waals surface area contributed by atoms with Gasteiger partial charge in [-0.1, -0.05) is 18.2 Å². The third-order valence-corrected chi connectivity index (χ3v) is 3.69. The SMILES string of the molecule is OCC12CCCN1c1ccccc1C2. The topological polar surface area (TPSA) is 23.5 Å². The molecule has 74 valence electrons. The molecular weight excluding hydrogens is 174 g/mol. The highest BCUT2D eigenvalue weighted by Crippen LogP contribution is 2.44. The first-order valence-corrected chi connectivity index (χ1v) is 5.32. The highest BCUT2D eigenvalue weighted by atomic mass is 16.3. The normalized spacial score (nSPS) is 29.1. The van der Waals surface area contributed by atoms with Gasteiger partial charge >= 0.3 is 0 Å². The van der Waals surface area contributed by atoms with Crippen molar-refractivity contribution in [3.8, 4) is 0 Å². The standard InChI is InChI=1S/C12H15NO/c14-9-12-6-3-7-13(12)11-5-2-1-4-10(11)8-12/h1-2,4-5,14H,3,6-9H2. The van der Waals surface area contributed by atoms with E-state index >= 15 is 0 Å². The second-order valence-corrected chi connectivity index (χ2v) is 4.44. The Kier molecular flexibility index (Phi) is 1.62. The molecule has 1 saturated heterocycles. The summed E-state index contributed by atoms with van der Waals surface area (Å²) in [5.41, 5.74) is 2.80. The molecule has 1 unspecified atom stereocenters. The molecule has 3 rings (SSSR count).